The summed E-state index contributed by atoms with van der Waals surface area (Å²) in [5, 5.41) is 2.62. The summed E-state index contributed by atoms with van der Waals surface area (Å²) in [6.45, 7) is 1.61. The van der Waals surface area contributed by atoms with Gasteiger partial charge in [0.25, 0.3) is 0 Å². The van der Waals surface area contributed by atoms with Gasteiger partial charge < -0.3 is 11.1 Å². The first-order valence-electron chi connectivity index (χ1n) is 4.02. The van der Waals surface area contributed by atoms with Gasteiger partial charge in [-0.25, -0.2) is 9.18 Å². The van der Waals surface area contributed by atoms with Gasteiger partial charge in [0, 0.05) is 10.6 Å². The molecule has 1 unspecified atom stereocenters. The van der Waals surface area contributed by atoms with Gasteiger partial charge in [0.15, 0.2) is 0 Å². The fourth-order valence-electron chi connectivity index (χ4n) is 1.21. The molecular formula is C9H10ClFN2O. The predicted molar refractivity (Wildman–Crippen MR) is 52.5 cm³/mol. The van der Waals surface area contributed by atoms with Gasteiger partial charge in [-0.15, -0.1) is 0 Å². The van der Waals surface area contributed by atoms with Gasteiger partial charge in [-0.3, -0.25) is 0 Å². The highest BCUT2D eigenvalue weighted by molar-refractivity contribution is 6.31. The average molecular weight is 217 g/mol. The summed E-state index contributed by atoms with van der Waals surface area (Å²) in [5.74, 6) is -0.459. The van der Waals surface area contributed by atoms with Gasteiger partial charge in [-0.2, -0.15) is 0 Å². The second-order valence-electron chi connectivity index (χ2n) is 2.87. The highest BCUT2D eigenvalue weighted by atomic mass is 35.5. The average Bonchev–Trinajstić information content (AvgIpc) is 2.01. The van der Waals surface area contributed by atoms with Gasteiger partial charge in [-0.05, 0) is 19.1 Å². The van der Waals surface area contributed by atoms with Crippen molar-refractivity contribution in [3.63, 3.8) is 0 Å². The van der Waals surface area contributed by atoms with E-state index in [0.29, 0.717) is 0 Å². The highest BCUT2D eigenvalue weighted by Crippen LogP contribution is 2.25. The van der Waals surface area contributed by atoms with Crippen molar-refractivity contribution < 1.29 is 9.18 Å². The van der Waals surface area contributed by atoms with Crippen LogP contribution in [0.25, 0.3) is 0 Å². The monoisotopic (exact) mass is 216 g/mol. The maximum absolute atomic E-state index is 13.3. The van der Waals surface area contributed by atoms with Crippen molar-refractivity contribution in [1.82, 2.24) is 5.32 Å². The van der Waals surface area contributed by atoms with E-state index in [1.807, 2.05) is 0 Å². The summed E-state index contributed by atoms with van der Waals surface area (Å²) < 4.78 is 13.3. The Hall–Kier alpha value is -1.29. The zero-order valence-corrected chi connectivity index (χ0v) is 8.31. The molecule has 0 fully saturated rings. The van der Waals surface area contributed by atoms with Gasteiger partial charge >= 0.3 is 6.03 Å². The summed E-state index contributed by atoms with van der Waals surface area (Å²) in [4.78, 5) is 10.6. The Bertz CT molecular complexity index is 336. The Kier molecular flexibility index (Phi) is 3.30. The molecule has 14 heavy (non-hydrogen) atoms. The second-order valence-corrected chi connectivity index (χ2v) is 3.27. The molecule has 0 saturated carbocycles. The number of carbonyl (C=O) groups is 1. The van der Waals surface area contributed by atoms with Crippen LogP contribution in [0.5, 0.6) is 0 Å². The molecule has 0 bridgehead atoms. The number of hydrogen-bond donors (Lipinski definition) is 2. The first kappa shape index (κ1) is 10.8. The van der Waals surface area contributed by atoms with E-state index in [4.69, 9.17) is 17.3 Å². The van der Waals surface area contributed by atoms with E-state index < -0.39 is 17.9 Å². The van der Waals surface area contributed by atoms with Gasteiger partial charge in [0.1, 0.15) is 5.82 Å². The summed E-state index contributed by atoms with van der Waals surface area (Å²) in [6.07, 6.45) is 0. The zero-order valence-electron chi connectivity index (χ0n) is 7.55. The summed E-state index contributed by atoms with van der Waals surface area (Å²) in [7, 11) is 0. The quantitative estimate of drug-likeness (QED) is 0.783. The normalized spacial score (nSPS) is 12.2. The molecule has 0 aliphatic rings. The van der Waals surface area contributed by atoms with Crippen molar-refractivity contribution in [2.24, 2.45) is 5.73 Å². The minimum absolute atomic E-state index is 0.243. The first-order chi connectivity index (χ1) is 6.52. The topological polar surface area (TPSA) is 55.1 Å². The van der Waals surface area contributed by atoms with Crippen LogP contribution in [0, 0.1) is 5.82 Å². The van der Waals surface area contributed by atoms with Crippen molar-refractivity contribution in [2.45, 2.75) is 13.0 Å². The Morgan fingerprint density at radius 2 is 2.29 bits per heavy atom. The van der Waals surface area contributed by atoms with Crippen LogP contribution in [0.4, 0.5) is 9.18 Å². The predicted octanol–water partition coefficient (Wildman–Crippen LogP) is 2.21. The van der Waals surface area contributed by atoms with E-state index in [9.17, 15) is 9.18 Å². The lowest BCUT2D eigenvalue weighted by molar-refractivity contribution is 0.246. The minimum Gasteiger partial charge on any atom is -0.352 e. The lowest BCUT2D eigenvalue weighted by Gasteiger charge is -2.14. The number of rotatable bonds is 2. The molecule has 0 heterocycles. The van der Waals surface area contributed by atoms with Crippen LogP contribution in [0.15, 0.2) is 18.2 Å². The second kappa shape index (κ2) is 4.28. The number of primary amides is 1. The number of urea groups is 1. The zero-order chi connectivity index (χ0) is 10.7. The van der Waals surface area contributed by atoms with Crippen LogP contribution in [0.1, 0.15) is 18.5 Å². The van der Waals surface area contributed by atoms with Gasteiger partial charge in [0.2, 0.25) is 0 Å². The molecular weight excluding hydrogens is 207 g/mol. The Balaban J connectivity index is 2.99. The first-order valence-corrected chi connectivity index (χ1v) is 4.40. The molecule has 76 valence electrons. The molecule has 0 aromatic heterocycles. The van der Waals surface area contributed by atoms with E-state index >= 15 is 0 Å². The molecule has 1 aromatic carbocycles. The molecule has 0 spiro atoms. The maximum atomic E-state index is 13.3. The van der Waals surface area contributed by atoms with Crippen LogP contribution in [-0.2, 0) is 0 Å². The Morgan fingerprint density at radius 3 is 2.79 bits per heavy atom. The van der Waals surface area contributed by atoms with Gasteiger partial charge in [-0.1, -0.05) is 17.7 Å². The molecule has 3 N–H and O–H groups in total. The molecule has 3 nitrogen and oxygen atoms in total. The van der Waals surface area contributed by atoms with Crippen LogP contribution >= 0.6 is 11.6 Å². The molecule has 1 aromatic rings. The summed E-state index contributed by atoms with van der Waals surface area (Å²) >= 11 is 5.78. The fourth-order valence-corrected chi connectivity index (χ4v) is 1.54. The molecule has 0 aliphatic heterocycles. The molecule has 0 radical (unpaired) electrons. The van der Waals surface area contributed by atoms with Crippen LogP contribution < -0.4 is 11.1 Å². The van der Waals surface area contributed by atoms with Crippen LogP contribution in [0.3, 0.4) is 0 Å². The van der Waals surface area contributed by atoms with Crippen LogP contribution in [-0.4, -0.2) is 6.03 Å². The van der Waals surface area contributed by atoms with Crippen molar-refractivity contribution in [3.05, 3.63) is 34.6 Å². The highest BCUT2D eigenvalue weighted by Gasteiger charge is 2.15. The van der Waals surface area contributed by atoms with E-state index in [1.165, 1.54) is 12.1 Å². The standard InChI is InChI=1S/C9H10ClFN2O/c1-5(13-9(12)14)8-6(10)3-2-4-7(8)11/h2-5H,1H3,(H3,12,13,14). The SMILES string of the molecule is CC(NC(N)=O)c1c(F)cccc1Cl. The van der Waals surface area contributed by atoms with Crippen molar-refractivity contribution in [1.29, 1.82) is 0 Å². The smallest absolute Gasteiger partial charge is 0.312 e. The number of halogens is 2. The van der Waals surface area contributed by atoms with E-state index in [-0.39, 0.29) is 10.6 Å². The minimum atomic E-state index is -0.711. The van der Waals surface area contributed by atoms with E-state index in [1.54, 1.807) is 13.0 Å². The largest absolute Gasteiger partial charge is 0.352 e. The third-order valence-electron chi connectivity index (χ3n) is 1.79. The molecule has 1 rings (SSSR count). The number of nitrogens with two attached hydrogens (primary N) is 1. The molecule has 2 amide bonds. The number of nitrogens with one attached hydrogen (secondary N) is 1. The summed E-state index contributed by atoms with van der Waals surface area (Å²) in [6, 6.07) is 3.08. The number of hydrogen-bond acceptors (Lipinski definition) is 1. The molecule has 0 aliphatic carbocycles. The lowest BCUT2D eigenvalue weighted by atomic mass is 10.1. The van der Waals surface area contributed by atoms with Gasteiger partial charge in [0.05, 0.1) is 6.04 Å². The van der Waals surface area contributed by atoms with Crippen molar-refractivity contribution in [2.75, 3.05) is 0 Å². The number of carbonyl (C=O) groups excluding carboxylic acids is 1. The van der Waals surface area contributed by atoms with Crippen LogP contribution in [0.2, 0.25) is 5.02 Å². The molecule has 5 heteroatoms. The fraction of sp³-hybridized carbons (Fsp3) is 0.222. The maximum Gasteiger partial charge on any atom is 0.312 e. The molecule has 0 saturated heterocycles. The van der Waals surface area contributed by atoms with Crippen molar-refractivity contribution in [3.8, 4) is 0 Å². The Morgan fingerprint density at radius 1 is 1.64 bits per heavy atom. The number of benzene rings is 1. The third kappa shape index (κ3) is 2.35. The van der Waals surface area contributed by atoms with E-state index in [2.05, 4.69) is 5.32 Å². The van der Waals surface area contributed by atoms with Crippen molar-refractivity contribution >= 4 is 17.6 Å². The third-order valence-corrected chi connectivity index (χ3v) is 2.12. The summed E-state index contributed by atoms with van der Waals surface area (Å²) in [5.41, 5.74) is 5.16. The molecule has 1 atom stereocenters. The van der Waals surface area contributed by atoms with E-state index in [0.717, 1.165) is 0 Å². The Labute approximate surface area is 86.0 Å². The lowest BCUT2D eigenvalue weighted by Crippen LogP contribution is -2.32. The number of amides is 2.